The van der Waals surface area contributed by atoms with Crippen LogP contribution in [0.15, 0.2) is 28.7 Å². The Bertz CT molecular complexity index is 888. The van der Waals surface area contributed by atoms with Gasteiger partial charge in [-0.1, -0.05) is 28.1 Å². The van der Waals surface area contributed by atoms with Crippen LogP contribution in [0.2, 0.25) is 0 Å². The molecule has 1 saturated heterocycles. The van der Waals surface area contributed by atoms with Crippen molar-refractivity contribution in [2.45, 2.75) is 25.6 Å². The maximum atomic E-state index is 12.6. The van der Waals surface area contributed by atoms with Crippen LogP contribution in [-0.4, -0.2) is 46.7 Å². The standard InChI is InChI=1S/C18H21BrF3N7O/c19-13-3-1-2-11(8-13)9-24-15-26-16(25-10-18(20,21)22)28-17(27-15)29-6-4-12(5-7-29)14(23)30/h1-3,8,12H,4-7,9-10H2,(H2,23,30)(H2,24,25,26,27,28). The average Bonchev–Trinajstić information content (AvgIpc) is 2.70. The number of nitrogens with one attached hydrogen (secondary N) is 2. The van der Waals surface area contributed by atoms with Crippen molar-refractivity contribution in [1.29, 1.82) is 0 Å². The van der Waals surface area contributed by atoms with E-state index in [9.17, 15) is 18.0 Å². The topological polar surface area (TPSA) is 109 Å². The van der Waals surface area contributed by atoms with Gasteiger partial charge in [-0.25, -0.2) is 0 Å². The number of primary amides is 1. The highest BCUT2D eigenvalue weighted by Crippen LogP contribution is 2.23. The fourth-order valence-electron chi connectivity index (χ4n) is 3.04. The molecular weight excluding hydrogens is 467 g/mol. The number of benzene rings is 1. The molecule has 1 aliphatic rings. The Balaban J connectivity index is 1.77. The zero-order chi connectivity index (χ0) is 21.7. The van der Waals surface area contributed by atoms with Crippen LogP contribution in [0.1, 0.15) is 18.4 Å². The Morgan fingerprint density at radius 2 is 1.83 bits per heavy atom. The van der Waals surface area contributed by atoms with Crippen molar-refractivity contribution in [3.05, 3.63) is 34.3 Å². The van der Waals surface area contributed by atoms with E-state index in [4.69, 9.17) is 5.73 Å². The van der Waals surface area contributed by atoms with E-state index in [2.05, 4.69) is 41.5 Å². The SMILES string of the molecule is NC(=O)C1CCN(c2nc(NCc3cccc(Br)c3)nc(NCC(F)(F)F)n2)CC1. The van der Waals surface area contributed by atoms with Gasteiger partial charge in [-0.2, -0.15) is 28.1 Å². The lowest BCUT2D eigenvalue weighted by Gasteiger charge is -2.30. The van der Waals surface area contributed by atoms with Crippen molar-refractivity contribution in [3.8, 4) is 0 Å². The van der Waals surface area contributed by atoms with Gasteiger partial charge in [-0.05, 0) is 30.5 Å². The molecule has 1 fully saturated rings. The lowest BCUT2D eigenvalue weighted by Crippen LogP contribution is -2.39. The van der Waals surface area contributed by atoms with Gasteiger partial charge in [0.05, 0.1) is 0 Å². The Morgan fingerprint density at radius 1 is 1.17 bits per heavy atom. The van der Waals surface area contributed by atoms with Crippen LogP contribution in [0.4, 0.5) is 31.0 Å². The number of rotatable bonds is 7. The molecule has 0 atom stereocenters. The van der Waals surface area contributed by atoms with E-state index in [1.54, 1.807) is 0 Å². The third kappa shape index (κ3) is 6.44. The van der Waals surface area contributed by atoms with Gasteiger partial charge in [-0.15, -0.1) is 0 Å². The summed E-state index contributed by atoms with van der Waals surface area (Å²) in [7, 11) is 0. The fourth-order valence-corrected chi connectivity index (χ4v) is 3.48. The van der Waals surface area contributed by atoms with Gasteiger partial charge in [0.25, 0.3) is 0 Å². The van der Waals surface area contributed by atoms with Gasteiger partial charge in [0.1, 0.15) is 6.54 Å². The molecule has 0 unspecified atom stereocenters. The Morgan fingerprint density at radius 3 is 2.43 bits per heavy atom. The van der Waals surface area contributed by atoms with Gasteiger partial charge < -0.3 is 21.3 Å². The molecule has 2 heterocycles. The molecule has 1 aromatic heterocycles. The third-order valence-electron chi connectivity index (χ3n) is 4.59. The minimum absolute atomic E-state index is 0.154. The Hall–Kier alpha value is -2.63. The van der Waals surface area contributed by atoms with Crippen molar-refractivity contribution in [2.24, 2.45) is 11.7 Å². The quantitative estimate of drug-likeness (QED) is 0.550. The highest BCUT2D eigenvalue weighted by molar-refractivity contribution is 9.10. The van der Waals surface area contributed by atoms with Gasteiger partial charge in [0.15, 0.2) is 0 Å². The molecule has 0 spiro atoms. The first-order valence-electron chi connectivity index (χ1n) is 9.29. The zero-order valence-corrected chi connectivity index (χ0v) is 17.5. The van der Waals surface area contributed by atoms with E-state index in [-0.39, 0.29) is 29.7 Å². The molecule has 0 radical (unpaired) electrons. The molecule has 4 N–H and O–H groups in total. The number of nitrogens with zero attached hydrogens (tertiary/aromatic N) is 4. The second-order valence-electron chi connectivity index (χ2n) is 6.90. The Labute approximate surface area is 179 Å². The maximum Gasteiger partial charge on any atom is 0.405 e. The minimum atomic E-state index is -4.41. The number of hydrogen-bond acceptors (Lipinski definition) is 7. The molecule has 12 heteroatoms. The number of amides is 1. The van der Waals surface area contributed by atoms with Crippen LogP contribution in [-0.2, 0) is 11.3 Å². The largest absolute Gasteiger partial charge is 0.405 e. The first-order valence-corrected chi connectivity index (χ1v) is 10.1. The number of carbonyl (C=O) groups is 1. The average molecular weight is 488 g/mol. The highest BCUT2D eigenvalue weighted by Gasteiger charge is 2.28. The second-order valence-corrected chi connectivity index (χ2v) is 7.81. The van der Waals surface area contributed by atoms with E-state index >= 15 is 0 Å². The van der Waals surface area contributed by atoms with E-state index in [1.807, 2.05) is 29.2 Å². The number of aromatic nitrogens is 3. The van der Waals surface area contributed by atoms with Crippen LogP contribution in [0.25, 0.3) is 0 Å². The number of carbonyl (C=O) groups excluding carboxylic acids is 1. The van der Waals surface area contributed by atoms with E-state index in [1.165, 1.54) is 0 Å². The summed E-state index contributed by atoms with van der Waals surface area (Å²) in [6, 6.07) is 7.57. The first-order chi connectivity index (χ1) is 14.2. The third-order valence-corrected chi connectivity index (χ3v) is 5.08. The summed E-state index contributed by atoms with van der Waals surface area (Å²) in [6.07, 6.45) is -3.34. The number of alkyl halides is 3. The molecule has 162 valence electrons. The monoisotopic (exact) mass is 487 g/mol. The second kappa shape index (κ2) is 9.45. The predicted molar refractivity (Wildman–Crippen MR) is 110 cm³/mol. The normalized spacial score (nSPS) is 15.1. The van der Waals surface area contributed by atoms with Crippen LogP contribution in [0.5, 0.6) is 0 Å². The molecule has 0 aliphatic carbocycles. The van der Waals surface area contributed by atoms with Crippen molar-refractivity contribution in [1.82, 2.24) is 15.0 Å². The lowest BCUT2D eigenvalue weighted by atomic mass is 9.96. The zero-order valence-electron chi connectivity index (χ0n) is 15.9. The van der Waals surface area contributed by atoms with Crippen molar-refractivity contribution in [3.63, 3.8) is 0 Å². The molecule has 0 saturated carbocycles. The van der Waals surface area contributed by atoms with E-state index in [0.29, 0.717) is 32.5 Å². The number of nitrogens with two attached hydrogens (primary N) is 1. The molecule has 1 amide bonds. The van der Waals surface area contributed by atoms with Gasteiger partial charge in [0, 0.05) is 30.0 Å². The summed E-state index contributed by atoms with van der Waals surface area (Å²) >= 11 is 3.39. The molecule has 1 aliphatic heterocycles. The van der Waals surface area contributed by atoms with Crippen LogP contribution < -0.4 is 21.3 Å². The number of anilines is 3. The van der Waals surface area contributed by atoms with Crippen LogP contribution >= 0.6 is 15.9 Å². The molecule has 1 aromatic carbocycles. The fraction of sp³-hybridized carbons (Fsp3) is 0.444. The van der Waals surface area contributed by atoms with E-state index < -0.39 is 12.7 Å². The van der Waals surface area contributed by atoms with Crippen molar-refractivity contribution < 1.29 is 18.0 Å². The highest BCUT2D eigenvalue weighted by atomic mass is 79.9. The molecule has 30 heavy (non-hydrogen) atoms. The van der Waals surface area contributed by atoms with Crippen molar-refractivity contribution in [2.75, 3.05) is 35.2 Å². The summed E-state index contributed by atoms with van der Waals surface area (Å²) in [6.45, 7) is 0.0689. The molecule has 0 bridgehead atoms. The number of halogens is 4. The smallest absolute Gasteiger partial charge is 0.369 e. The molecule has 3 rings (SSSR count). The minimum Gasteiger partial charge on any atom is -0.369 e. The van der Waals surface area contributed by atoms with Crippen molar-refractivity contribution >= 4 is 39.7 Å². The maximum absolute atomic E-state index is 12.6. The van der Waals surface area contributed by atoms with E-state index in [0.717, 1.165) is 10.0 Å². The predicted octanol–water partition coefficient (Wildman–Crippen LogP) is 2.92. The van der Waals surface area contributed by atoms with Crippen LogP contribution in [0.3, 0.4) is 0 Å². The first kappa shape index (κ1) is 22.1. The summed E-state index contributed by atoms with van der Waals surface area (Å²) in [5.74, 6) is -0.351. The van der Waals surface area contributed by atoms with Gasteiger partial charge in [0.2, 0.25) is 23.8 Å². The summed E-state index contributed by atoms with van der Waals surface area (Å²) in [5.41, 5.74) is 6.30. The summed E-state index contributed by atoms with van der Waals surface area (Å²) in [4.78, 5) is 25.7. The lowest BCUT2D eigenvalue weighted by molar-refractivity contribution is -0.122. The number of piperidine rings is 1. The van der Waals surface area contributed by atoms with Gasteiger partial charge >= 0.3 is 6.18 Å². The molecule has 2 aromatic rings. The summed E-state index contributed by atoms with van der Waals surface area (Å²) in [5, 5.41) is 5.23. The summed E-state index contributed by atoms with van der Waals surface area (Å²) < 4.78 is 38.8. The Kier molecular flexibility index (Phi) is 6.95. The van der Waals surface area contributed by atoms with Crippen LogP contribution in [0, 0.1) is 5.92 Å². The molecule has 8 nitrogen and oxygen atoms in total. The number of hydrogen-bond donors (Lipinski definition) is 3. The van der Waals surface area contributed by atoms with Gasteiger partial charge in [-0.3, -0.25) is 4.79 Å². The molecular formula is C18H21BrF3N7O.